The van der Waals surface area contributed by atoms with E-state index in [0.717, 1.165) is 17.8 Å². The summed E-state index contributed by atoms with van der Waals surface area (Å²) in [7, 11) is 0. The maximum Gasteiger partial charge on any atom is 0.471 e. The molecule has 1 N–H and O–H groups in total. The van der Waals surface area contributed by atoms with Crippen molar-refractivity contribution in [3.05, 3.63) is 0 Å². The lowest BCUT2D eigenvalue weighted by Gasteiger charge is -2.57. The molecule has 1 saturated heterocycles. The van der Waals surface area contributed by atoms with E-state index < -0.39 is 12.1 Å². The van der Waals surface area contributed by atoms with Crippen LogP contribution >= 0.6 is 0 Å². The van der Waals surface area contributed by atoms with Gasteiger partial charge in [0.25, 0.3) is 0 Å². The zero-order valence-electron chi connectivity index (χ0n) is 15.7. The number of halogens is 3. The Morgan fingerprint density at radius 3 is 1.96 bits per heavy atom. The van der Waals surface area contributed by atoms with Gasteiger partial charge in [0.1, 0.15) is 0 Å². The Hall–Kier alpha value is -1.27. The molecule has 0 aromatic carbocycles. The van der Waals surface area contributed by atoms with E-state index in [4.69, 9.17) is 0 Å². The quantitative estimate of drug-likeness (QED) is 0.804. The molecular formula is C20H29F3N2O2. The first-order valence-electron chi connectivity index (χ1n) is 10.4. The van der Waals surface area contributed by atoms with Crippen molar-refractivity contribution < 1.29 is 22.8 Å². The molecule has 2 amide bonds. The van der Waals surface area contributed by atoms with E-state index >= 15 is 0 Å². The summed E-state index contributed by atoms with van der Waals surface area (Å²) in [4.78, 5) is 25.7. The topological polar surface area (TPSA) is 49.4 Å². The maximum atomic E-state index is 12.9. The first-order valence-corrected chi connectivity index (χ1v) is 10.4. The van der Waals surface area contributed by atoms with Gasteiger partial charge in [0, 0.05) is 26.1 Å². The van der Waals surface area contributed by atoms with Crippen molar-refractivity contribution >= 4 is 11.8 Å². The fourth-order valence-corrected chi connectivity index (χ4v) is 6.66. The van der Waals surface area contributed by atoms with Crippen LogP contribution in [0.2, 0.25) is 0 Å². The van der Waals surface area contributed by atoms with Crippen molar-refractivity contribution in [2.45, 2.75) is 64.0 Å². The summed E-state index contributed by atoms with van der Waals surface area (Å²) in [6.07, 6.45) is 4.88. The first kappa shape index (κ1) is 19.1. The zero-order chi connectivity index (χ0) is 19.2. The predicted octanol–water partition coefficient (Wildman–Crippen LogP) is 3.51. The molecule has 7 heteroatoms. The van der Waals surface area contributed by atoms with Gasteiger partial charge < -0.3 is 10.2 Å². The number of alkyl halides is 3. The third-order valence-corrected chi connectivity index (χ3v) is 7.47. The first-order chi connectivity index (χ1) is 12.7. The number of nitrogens with one attached hydrogen (secondary N) is 1. The van der Waals surface area contributed by atoms with Crippen LogP contribution in [0.5, 0.6) is 0 Å². The van der Waals surface area contributed by atoms with Crippen LogP contribution in [0.3, 0.4) is 0 Å². The van der Waals surface area contributed by atoms with Gasteiger partial charge in [-0.3, -0.25) is 9.59 Å². The molecule has 0 radical (unpaired) electrons. The molecular weight excluding hydrogens is 357 g/mol. The van der Waals surface area contributed by atoms with Crippen LogP contribution in [0.25, 0.3) is 0 Å². The predicted molar refractivity (Wildman–Crippen MR) is 93.6 cm³/mol. The normalized spacial score (nSPS) is 36.1. The van der Waals surface area contributed by atoms with Gasteiger partial charge in [0.2, 0.25) is 5.91 Å². The highest BCUT2D eigenvalue weighted by atomic mass is 19.4. The van der Waals surface area contributed by atoms with Gasteiger partial charge in [-0.25, -0.2) is 0 Å². The van der Waals surface area contributed by atoms with Crippen LogP contribution in [-0.2, 0) is 9.59 Å². The number of likely N-dealkylation sites (tertiary alicyclic amines) is 1. The fraction of sp³-hybridized carbons (Fsp3) is 0.900. The zero-order valence-corrected chi connectivity index (χ0v) is 15.7. The maximum absolute atomic E-state index is 12.9. The Morgan fingerprint density at radius 2 is 1.48 bits per heavy atom. The number of carbonyl (C=O) groups is 2. The Labute approximate surface area is 158 Å². The Balaban J connectivity index is 1.24. The molecule has 0 unspecified atom stereocenters. The van der Waals surface area contributed by atoms with Crippen LogP contribution in [-0.4, -0.2) is 42.5 Å². The van der Waals surface area contributed by atoms with E-state index in [1.807, 2.05) is 10.2 Å². The fourth-order valence-electron chi connectivity index (χ4n) is 6.66. The number of rotatable bonds is 4. The van der Waals surface area contributed by atoms with Gasteiger partial charge in [-0.05, 0) is 80.5 Å². The van der Waals surface area contributed by atoms with E-state index in [2.05, 4.69) is 0 Å². The Kier molecular flexibility index (Phi) is 4.91. The number of piperidine rings is 1. The average molecular weight is 386 g/mol. The molecule has 4 bridgehead atoms. The van der Waals surface area contributed by atoms with Crippen molar-refractivity contribution in [1.29, 1.82) is 0 Å². The van der Waals surface area contributed by atoms with Gasteiger partial charge >= 0.3 is 12.1 Å². The van der Waals surface area contributed by atoms with Crippen molar-refractivity contribution in [2.24, 2.45) is 29.1 Å². The molecule has 0 atom stereocenters. The summed E-state index contributed by atoms with van der Waals surface area (Å²) >= 11 is 0. The molecule has 0 aromatic rings. The van der Waals surface area contributed by atoms with E-state index in [0.29, 0.717) is 32.4 Å². The second-order valence-corrected chi connectivity index (χ2v) is 9.63. The van der Waals surface area contributed by atoms with Crippen molar-refractivity contribution in [2.75, 3.05) is 19.6 Å². The molecule has 5 fully saturated rings. The molecule has 4 nitrogen and oxygen atoms in total. The largest absolute Gasteiger partial charge is 0.471 e. The Morgan fingerprint density at radius 1 is 0.963 bits per heavy atom. The SMILES string of the molecule is O=C(CC12CC3CC(CC(C3)C1)C2)N1CCC(CNC(=O)C(F)(F)F)CC1. The minimum absolute atomic E-state index is 0.0138. The van der Waals surface area contributed by atoms with Crippen molar-refractivity contribution in [3.63, 3.8) is 0 Å². The highest BCUT2D eigenvalue weighted by Crippen LogP contribution is 2.61. The minimum Gasteiger partial charge on any atom is -0.348 e. The summed E-state index contributed by atoms with van der Waals surface area (Å²) in [6.45, 7) is 1.23. The number of hydrogen-bond acceptors (Lipinski definition) is 2. The van der Waals surface area contributed by atoms with Gasteiger partial charge in [0.15, 0.2) is 0 Å². The van der Waals surface area contributed by atoms with Crippen LogP contribution in [0, 0.1) is 29.1 Å². The summed E-state index contributed by atoms with van der Waals surface area (Å²) < 4.78 is 36.8. The minimum atomic E-state index is -4.82. The van der Waals surface area contributed by atoms with Crippen LogP contribution in [0.15, 0.2) is 0 Å². The average Bonchev–Trinajstić information content (AvgIpc) is 2.57. The van der Waals surface area contributed by atoms with Crippen LogP contribution in [0.1, 0.15) is 57.8 Å². The summed E-state index contributed by atoms with van der Waals surface area (Å²) in [6, 6.07) is 0. The molecule has 4 saturated carbocycles. The third-order valence-electron chi connectivity index (χ3n) is 7.47. The third kappa shape index (κ3) is 4.11. The van der Waals surface area contributed by atoms with E-state index in [1.54, 1.807) is 0 Å². The molecule has 1 aliphatic heterocycles. The molecule has 0 spiro atoms. The van der Waals surface area contributed by atoms with Gasteiger partial charge in [0.05, 0.1) is 0 Å². The Bertz CT molecular complexity index is 561. The summed E-state index contributed by atoms with van der Waals surface area (Å²) in [5, 5.41) is 1.97. The highest BCUT2D eigenvalue weighted by molar-refractivity contribution is 5.81. The van der Waals surface area contributed by atoms with E-state index in [1.165, 1.54) is 38.5 Å². The molecule has 152 valence electrons. The lowest BCUT2D eigenvalue weighted by atomic mass is 9.49. The second-order valence-electron chi connectivity index (χ2n) is 9.63. The molecule has 1 heterocycles. The lowest BCUT2D eigenvalue weighted by Crippen LogP contribution is -2.49. The molecule has 27 heavy (non-hydrogen) atoms. The summed E-state index contributed by atoms with van der Waals surface area (Å²) in [5.41, 5.74) is 0.226. The molecule has 5 rings (SSSR count). The number of amides is 2. The van der Waals surface area contributed by atoms with Crippen molar-refractivity contribution in [1.82, 2.24) is 10.2 Å². The standard InChI is InChI=1S/C20H29F3N2O2/c21-20(22,23)18(27)24-12-13-1-3-25(4-2-13)17(26)11-19-8-14-5-15(9-19)7-16(6-14)10-19/h13-16H,1-12H2,(H,24,27). The summed E-state index contributed by atoms with van der Waals surface area (Å²) in [5.74, 6) is 0.850. The van der Waals surface area contributed by atoms with E-state index in [9.17, 15) is 22.8 Å². The number of carbonyl (C=O) groups excluding carboxylic acids is 2. The van der Waals surface area contributed by atoms with Crippen LogP contribution in [0.4, 0.5) is 13.2 Å². The molecule has 4 aliphatic carbocycles. The highest BCUT2D eigenvalue weighted by Gasteiger charge is 2.51. The van der Waals surface area contributed by atoms with Gasteiger partial charge in [-0.15, -0.1) is 0 Å². The smallest absolute Gasteiger partial charge is 0.348 e. The number of hydrogen-bond donors (Lipinski definition) is 1. The lowest BCUT2D eigenvalue weighted by molar-refractivity contribution is -0.173. The van der Waals surface area contributed by atoms with Crippen LogP contribution < -0.4 is 5.32 Å². The number of nitrogens with zero attached hydrogens (tertiary/aromatic N) is 1. The van der Waals surface area contributed by atoms with Gasteiger partial charge in [-0.1, -0.05) is 0 Å². The van der Waals surface area contributed by atoms with Gasteiger partial charge in [-0.2, -0.15) is 13.2 Å². The molecule has 5 aliphatic rings. The van der Waals surface area contributed by atoms with E-state index in [-0.39, 0.29) is 23.8 Å². The second kappa shape index (κ2) is 6.96. The monoisotopic (exact) mass is 386 g/mol. The molecule has 0 aromatic heterocycles. The van der Waals surface area contributed by atoms with Crippen molar-refractivity contribution in [3.8, 4) is 0 Å².